The summed E-state index contributed by atoms with van der Waals surface area (Å²) in [4.78, 5) is 0. The number of benzene rings is 1. The third kappa shape index (κ3) is 3.30. The van der Waals surface area contributed by atoms with Gasteiger partial charge in [0.15, 0.2) is 0 Å². The van der Waals surface area contributed by atoms with Gasteiger partial charge in [-0.3, -0.25) is 0 Å². The Morgan fingerprint density at radius 2 is 1.94 bits per heavy atom. The molecular weight excluding hydrogens is 229 g/mol. The molecule has 0 radical (unpaired) electrons. The van der Waals surface area contributed by atoms with Crippen LogP contribution in [0.4, 0.5) is 4.39 Å². The lowest BCUT2D eigenvalue weighted by molar-refractivity contribution is 0.0844. The van der Waals surface area contributed by atoms with E-state index < -0.39 is 0 Å². The third-order valence-corrected chi connectivity index (χ3v) is 3.83. The van der Waals surface area contributed by atoms with Crippen molar-refractivity contribution in [3.8, 4) is 0 Å². The van der Waals surface area contributed by atoms with Gasteiger partial charge in [0.05, 0.1) is 6.10 Å². The highest BCUT2D eigenvalue weighted by Gasteiger charge is 2.25. The molecule has 3 atom stereocenters. The normalized spacial score (nSPS) is 25.9. The molecule has 18 heavy (non-hydrogen) atoms. The van der Waals surface area contributed by atoms with Crippen molar-refractivity contribution in [1.29, 1.82) is 0 Å². The number of aliphatic hydroxyl groups is 1. The molecule has 0 heterocycles. The fraction of sp³-hybridized carbons (Fsp3) is 0.600. The van der Waals surface area contributed by atoms with Crippen molar-refractivity contribution in [2.75, 3.05) is 0 Å². The van der Waals surface area contributed by atoms with E-state index in [0.717, 1.165) is 31.2 Å². The zero-order valence-electron chi connectivity index (χ0n) is 10.9. The zero-order chi connectivity index (χ0) is 13.0. The molecule has 2 rings (SSSR count). The number of aliphatic hydroxyl groups excluding tert-OH is 1. The smallest absolute Gasteiger partial charge is 0.123 e. The molecule has 0 spiro atoms. The van der Waals surface area contributed by atoms with Crippen molar-refractivity contribution in [2.45, 2.75) is 57.2 Å². The van der Waals surface area contributed by atoms with Gasteiger partial charge in [0.2, 0.25) is 0 Å². The third-order valence-electron chi connectivity index (χ3n) is 3.83. The van der Waals surface area contributed by atoms with Crippen molar-refractivity contribution in [2.24, 2.45) is 0 Å². The Bertz CT molecular complexity index is 365. The van der Waals surface area contributed by atoms with Crippen molar-refractivity contribution < 1.29 is 9.50 Å². The molecule has 0 aliphatic heterocycles. The van der Waals surface area contributed by atoms with Crippen LogP contribution in [0.15, 0.2) is 24.3 Å². The molecule has 0 bridgehead atoms. The minimum absolute atomic E-state index is 0.175. The Kier molecular flexibility index (Phi) is 4.72. The first-order valence-electron chi connectivity index (χ1n) is 6.90. The van der Waals surface area contributed by atoms with E-state index in [0.29, 0.717) is 0 Å². The zero-order valence-corrected chi connectivity index (χ0v) is 10.9. The summed E-state index contributed by atoms with van der Waals surface area (Å²) in [5.74, 6) is -0.202. The monoisotopic (exact) mass is 251 g/mol. The van der Waals surface area contributed by atoms with E-state index in [9.17, 15) is 9.50 Å². The summed E-state index contributed by atoms with van der Waals surface area (Å²) in [6.07, 6.45) is 4.90. The fourth-order valence-corrected chi connectivity index (χ4v) is 2.71. The van der Waals surface area contributed by atoms with Crippen molar-refractivity contribution in [3.05, 3.63) is 35.6 Å². The average Bonchev–Trinajstić information content (AvgIpc) is 2.39. The largest absolute Gasteiger partial charge is 0.392 e. The highest BCUT2D eigenvalue weighted by molar-refractivity contribution is 5.20. The molecule has 1 aliphatic carbocycles. The van der Waals surface area contributed by atoms with Crippen molar-refractivity contribution in [3.63, 3.8) is 0 Å². The van der Waals surface area contributed by atoms with Crippen LogP contribution in [0.1, 0.15) is 50.6 Å². The van der Waals surface area contributed by atoms with E-state index in [1.54, 1.807) is 0 Å². The second kappa shape index (κ2) is 6.30. The second-order valence-corrected chi connectivity index (χ2v) is 5.14. The first kappa shape index (κ1) is 13.5. The van der Waals surface area contributed by atoms with Gasteiger partial charge in [-0.25, -0.2) is 4.39 Å². The maximum atomic E-state index is 12.9. The lowest BCUT2D eigenvalue weighted by atomic mass is 9.91. The van der Waals surface area contributed by atoms with Gasteiger partial charge in [-0.15, -0.1) is 0 Å². The second-order valence-electron chi connectivity index (χ2n) is 5.14. The van der Waals surface area contributed by atoms with Crippen LogP contribution in [0.2, 0.25) is 0 Å². The summed E-state index contributed by atoms with van der Waals surface area (Å²) in [6.45, 7) is 2.11. The number of halogens is 1. The van der Waals surface area contributed by atoms with Crippen LogP contribution < -0.4 is 5.32 Å². The topological polar surface area (TPSA) is 32.3 Å². The molecule has 0 saturated heterocycles. The van der Waals surface area contributed by atoms with E-state index in [1.165, 1.54) is 18.6 Å². The van der Waals surface area contributed by atoms with Crippen LogP contribution in [0.3, 0.4) is 0 Å². The van der Waals surface area contributed by atoms with Gasteiger partial charge >= 0.3 is 0 Å². The first-order chi connectivity index (χ1) is 8.70. The van der Waals surface area contributed by atoms with Gasteiger partial charge in [-0.2, -0.15) is 0 Å². The minimum Gasteiger partial charge on any atom is -0.392 e. The van der Waals surface area contributed by atoms with Crippen LogP contribution >= 0.6 is 0 Å². The summed E-state index contributed by atoms with van der Waals surface area (Å²) in [5.41, 5.74) is 1.09. The minimum atomic E-state index is -0.242. The van der Waals surface area contributed by atoms with Crippen LogP contribution in [-0.2, 0) is 0 Å². The summed E-state index contributed by atoms with van der Waals surface area (Å²) in [6, 6.07) is 7.02. The lowest BCUT2D eigenvalue weighted by Crippen LogP contribution is -2.43. The molecule has 1 aliphatic rings. The maximum absolute atomic E-state index is 12.9. The standard InChI is InChI=1S/C15H22FNO/c1-2-13(11-7-9-12(16)10-8-11)17-14-5-3-4-6-15(14)18/h7-10,13-15,17-18H,2-6H2,1H3/t13-,14+,15+/m0/s1. The predicted molar refractivity (Wildman–Crippen MR) is 70.8 cm³/mol. The molecule has 0 unspecified atom stereocenters. The van der Waals surface area contributed by atoms with Gasteiger partial charge < -0.3 is 10.4 Å². The summed E-state index contributed by atoms with van der Waals surface area (Å²) < 4.78 is 12.9. The van der Waals surface area contributed by atoms with Crippen LogP contribution in [-0.4, -0.2) is 17.3 Å². The highest BCUT2D eigenvalue weighted by Crippen LogP contribution is 2.24. The van der Waals surface area contributed by atoms with E-state index in [2.05, 4.69) is 12.2 Å². The Balaban J connectivity index is 2.02. The van der Waals surface area contributed by atoms with Crippen LogP contribution in [0.25, 0.3) is 0 Å². The average molecular weight is 251 g/mol. The van der Waals surface area contributed by atoms with E-state index in [-0.39, 0.29) is 24.0 Å². The molecule has 3 heteroatoms. The van der Waals surface area contributed by atoms with Crippen molar-refractivity contribution >= 4 is 0 Å². The molecule has 1 aromatic carbocycles. The molecule has 0 amide bonds. The van der Waals surface area contributed by atoms with E-state index in [4.69, 9.17) is 0 Å². The van der Waals surface area contributed by atoms with Crippen LogP contribution in [0, 0.1) is 5.82 Å². The quantitative estimate of drug-likeness (QED) is 0.861. The van der Waals surface area contributed by atoms with Gasteiger partial charge in [0.25, 0.3) is 0 Å². The van der Waals surface area contributed by atoms with Gasteiger partial charge in [0, 0.05) is 12.1 Å². The summed E-state index contributed by atoms with van der Waals surface area (Å²) in [7, 11) is 0. The van der Waals surface area contributed by atoms with Gasteiger partial charge in [0.1, 0.15) is 5.82 Å². The Labute approximate surface area is 108 Å². The summed E-state index contributed by atoms with van der Waals surface area (Å²) >= 11 is 0. The Hall–Kier alpha value is -0.930. The van der Waals surface area contributed by atoms with Gasteiger partial charge in [-0.05, 0) is 37.0 Å². The maximum Gasteiger partial charge on any atom is 0.123 e. The SMILES string of the molecule is CC[C@H](N[C@@H]1CCCC[C@H]1O)c1ccc(F)cc1. The number of hydrogen-bond donors (Lipinski definition) is 2. The molecule has 100 valence electrons. The highest BCUT2D eigenvalue weighted by atomic mass is 19.1. The Morgan fingerprint density at radius 3 is 2.56 bits per heavy atom. The van der Waals surface area contributed by atoms with E-state index in [1.807, 2.05) is 12.1 Å². The Morgan fingerprint density at radius 1 is 1.28 bits per heavy atom. The van der Waals surface area contributed by atoms with Crippen molar-refractivity contribution in [1.82, 2.24) is 5.32 Å². The fourth-order valence-electron chi connectivity index (χ4n) is 2.71. The molecule has 1 fully saturated rings. The van der Waals surface area contributed by atoms with E-state index >= 15 is 0 Å². The molecule has 1 saturated carbocycles. The molecule has 2 N–H and O–H groups in total. The molecule has 0 aromatic heterocycles. The first-order valence-corrected chi connectivity index (χ1v) is 6.90. The molecule has 2 nitrogen and oxygen atoms in total. The molecule has 1 aromatic rings. The number of nitrogens with one attached hydrogen (secondary N) is 1. The summed E-state index contributed by atoms with van der Waals surface area (Å²) in [5, 5.41) is 13.5. The molecular formula is C15H22FNO. The van der Waals surface area contributed by atoms with Gasteiger partial charge in [-0.1, -0.05) is 31.9 Å². The number of rotatable bonds is 4. The number of hydrogen-bond acceptors (Lipinski definition) is 2. The predicted octanol–water partition coefficient (Wildman–Crippen LogP) is 3.17. The van der Waals surface area contributed by atoms with Crippen LogP contribution in [0.5, 0.6) is 0 Å². The lowest BCUT2D eigenvalue weighted by Gasteiger charge is -2.32.